The molecule has 4 atom stereocenters. The summed E-state index contributed by atoms with van der Waals surface area (Å²) in [5.41, 5.74) is 20.2. The fraction of sp³-hybridized carbons (Fsp3) is 0.485. The van der Waals surface area contributed by atoms with Crippen molar-refractivity contribution in [3.05, 3.63) is 64.7 Å². The fourth-order valence-electron chi connectivity index (χ4n) is 5.32. The Hall–Kier alpha value is -4.65. The van der Waals surface area contributed by atoms with Crippen LogP contribution in [0.5, 0.6) is 5.75 Å². The number of amides is 6. The smallest absolute Gasteiger partial charge is 0.312 e. The van der Waals surface area contributed by atoms with Gasteiger partial charge in [0.05, 0.1) is 6.04 Å². The zero-order valence-corrected chi connectivity index (χ0v) is 27.2. The molecule has 0 heterocycles. The first-order valence-corrected chi connectivity index (χ1v) is 15.5. The van der Waals surface area contributed by atoms with Crippen LogP contribution in [0.25, 0.3) is 0 Å². The summed E-state index contributed by atoms with van der Waals surface area (Å²) < 4.78 is 0. The van der Waals surface area contributed by atoms with Crippen LogP contribution in [0, 0.1) is 13.8 Å². The van der Waals surface area contributed by atoms with E-state index < -0.39 is 53.8 Å². The van der Waals surface area contributed by atoms with Crippen molar-refractivity contribution in [1.29, 1.82) is 0 Å². The van der Waals surface area contributed by atoms with Gasteiger partial charge in [-0.1, -0.05) is 50.1 Å². The largest absolute Gasteiger partial charge is 0.508 e. The lowest BCUT2D eigenvalue weighted by Gasteiger charge is -2.31. The van der Waals surface area contributed by atoms with Crippen molar-refractivity contribution >= 4 is 29.7 Å². The Balaban J connectivity index is 2.32. The maximum atomic E-state index is 13.8. The van der Waals surface area contributed by atoms with Crippen molar-refractivity contribution in [1.82, 2.24) is 20.9 Å². The summed E-state index contributed by atoms with van der Waals surface area (Å²) in [4.78, 5) is 65.6. The highest BCUT2D eigenvalue weighted by molar-refractivity contribution is 5.94. The topological polar surface area (TPSA) is 223 Å². The molecule has 0 aliphatic rings. The lowest BCUT2D eigenvalue weighted by atomic mass is 9.95. The molecular formula is C33H49N7O6. The van der Waals surface area contributed by atoms with Crippen LogP contribution in [0.4, 0.5) is 4.79 Å². The van der Waals surface area contributed by atoms with E-state index in [2.05, 4.69) is 16.0 Å². The van der Waals surface area contributed by atoms with E-state index in [4.69, 9.17) is 17.2 Å². The van der Waals surface area contributed by atoms with Crippen LogP contribution in [0.1, 0.15) is 61.3 Å². The molecule has 6 amide bonds. The van der Waals surface area contributed by atoms with Crippen LogP contribution >= 0.6 is 0 Å². The highest BCUT2D eigenvalue weighted by Gasteiger charge is 2.33. The molecule has 0 unspecified atom stereocenters. The number of hydrogen-bond donors (Lipinski definition) is 7. The number of phenols is 1. The molecule has 0 saturated heterocycles. The number of likely N-dealkylation sites (N-methyl/N-ethyl adjacent to an activating group) is 1. The average Bonchev–Trinajstić information content (AvgIpc) is 2.99. The molecule has 13 heteroatoms. The van der Waals surface area contributed by atoms with Crippen LogP contribution in [0.15, 0.2) is 42.5 Å². The monoisotopic (exact) mass is 639 g/mol. The maximum Gasteiger partial charge on any atom is 0.312 e. The number of primary amides is 2. The maximum absolute atomic E-state index is 13.8. The number of nitrogens with one attached hydrogen (secondary N) is 3. The molecular weight excluding hydrogens is 590 g/mol. The third kappa shape index (κ3) is 11.7. The van der Waals surface area contributed by atoms with E-state index in [1.807, 2.05) is 37.3 Å². The minimum Gasteiger partial charge on any atom is -0.508 e. The normalized spacial score (nSPS) is 13.5. The van der Waals surface area contributed by atoms with Gasteiger partial charge in [-0.05, 0) is 73.9 Å². The number of phenolic OH excluding ortho intramolecular Hbond substituents is 1. The number of nitrogens with zero attached hydrogens (tertiary/aromatic N) is 1. The van der Waals surface area contributed by atoms with Crippen LogP contribution < -0.4 is 33.2 Å². The summed E-state index contributed by atoms with van der Waals surface area (Å²) in [5, 5.41) is 17.8. The van der Waals surface area contributed by atoms with Crippen molar-refractivity contribution < 1.29 is 29.1 Å². The predicted octanol–water partition coefficient (Wildman–Crippen LogP) is 1.04. The lowest BCUT2D eigenvalue weighted by Crippen LogP contribution is -2.58. The third-order valence-corrected chi connectivity index (χ3v) is 7.92. The molecule has 252 valence electrons. The third-order valence-electron chi connectivity index (χ3n) is 7.92. The Bertz CT molecular complexity index is 1330. The van der Waals surface area contributed by atoms with E-state index in [9.17, 15) is 29.1 Å². The van der Waals surface area contributed by atoms with Gasteiger partial charge >= 0.3 is 6.03 Å². The van der Waals surface area contributed by atoms with E-state index in [-0.39, 0.29) is 38.0 Å². The second-order valence-corrected chi connectivity index (χ2v) is 11.6. The number of rotatable bonds is 18. The van der Waals surface area contributed by atoms with Crippen molar-refractivity contribution in [2.45, 2.75) is 89.9 Å². The fourth-order valence-corrected chi connectivity index (χ4v) is 5.32. The number of hydrogen-bond acceptors (Lipinski definition) is 7. The van der Waals surface area contributed by atoms with Crippen LogP contribution in [-0.2, 0) is 32.0 Å². The summed E-state index contributed by atoms with van der Waals surface area (Å²) in [6.07, 6.45) is 2.53. The standard InChI is InChI=1S/C33H49N7O6/c1-5-6-14-28(29(35)42)40(4)32(45)27(18-22-11-8-7-9-12-22)39-31(44)26(13-10-15-37-33(36)46)38-30(43)25(34)19-24-20(2)16-23(41)17-21(24)3/h7-9,11-12,16-17,25-28,41H,5-6,10,13-15,18-19,34H2,1-4H3,(H2,35,42)(H,38,43)(H,39,44)(H3,36,37,46)/t25-,26+,27-,28-/m0/s1. The van der Waals surface area contributed by atoms with Gasteiger partial charge in [0.15, 0.2) is 0 Å². The summed E-state index contributed by atoms with van der Waals surface area (Å²) in [6.45, 7) is 5.73. The molecule has 46 heavy (non-hydrogen) atoms. The summed E-state index contributed by atoms with van der Waals surface area (Å²) >= 11 is 0. The first-order valence-electron chi connectivity index (χ1n) is 15.5. The highest BCUT2D eigenvalue weighted by Crippen LogP contribution is 2.22. The van der Waals surface area contributed by atoms with Gasteiger partial charge in [0.1, 0.15) is 23.9 Å². The van der Waals surface area contributed by atoms with Crippen LogP contribution in [0.3, 0.4) is 0 Å². The second kappa shape index (κ2) is 18.4. The highest BCUT2D eigenvalue weighted by atomic mass is 16.3. The SMILES string of the molecule is CCCC[C@@H](C(N)=O)N(C)C(=O)[C@H](Cc1ccccc1)NC(=O)[C@@H](CCCNC(N)=O)NC(=O)[C@@H](N)Cc1c(C)cc(O)cc1C. The van der Waals surface area contributed by atoms with Crippen molar-refractivity contribution in [3.63, 3.8) is 0 Å². The van der Waals surface area contributed by atoms with E-state index in [0.717, 1.165) is 28.7 Å². The van der Waals surface area contributed by atoms with Gasteiger partial charge in [0, 0.05) is 20.0 Å². The number of aromatic hydroxyl groups is 1. The summed E-state index contributed by atoms with van der Waals surface area (Å²) in [7, 11) is 1.48. The van der Waals surface area contributed by atoms with Crippen molar-refractivity contribution in [3.8, 4) is 5.75 Å². The van der Waals surface area contributed by atoms with Crippen LogP contribution in [0.2, 0.25) is 0 Å². The quantitative estimate of drug-likeness (QED) is 0.117. The Labute approximate surface area is 270 Å². The van der Waals surface area contributed by atoms with Crippen LogP contribution in [-0.4, -0.2) is 77.4 Å². The molecule has 0 saturated carbocycles. The Morgan fingerprint density at radius 1 is 0.870 bits per heavy atom. The number of aryl methyl sites for hydroxylation is 2. The van der Waals surface area contributed by atoms with Gasteiger partial charge < -0.3 is 43.2 Å². The van der Waals surface area contributed by atoms with Gasteiger partial charge in [-0.25, -0.2) is 4.79 Å². The average molecular weight is 640 g/mol. The Morgan fingerprint density at radius 3 is 2.04 bits per heavy atom. The number of unbranched alkanes of at least 4 members (excludes halogenated alkanes) is 1. The minimum atomic E-state index is -1.11. The molecule has 0 aliphatic heterocycles. The second-order valence-electron chi connectivity index (χ2n) is 11.6. The molecule has 0 aliphatic carbocycles. The zero-order chi connectivity index (χ0) is 34.4. The molecule has 2 aromatic carbocycles. The van der Waals surface area contributed by atoms with Gasteiger partial charge in [-0.15, -0.1) is 0 Å². The number of urea groups is 1. The number of nitrogens with two attached hydrogens (primary N) is 3. The van der Waals surface area contributed by atoms with E-state index in [0.29, 0.717) is 12.8 Å². The van der Waals surface area contributed by atoms with Gasteiger partial charge in [0.25, 0.3) is 0 Å². The Kier molecular flexibility index (Phi) is 15.0. The lowest BCUT2D eigenvalue weighted by molar-refractivity contribution is -0.141. The Morgan fingerprint density at radius 2 is 1.48 bits per heavy atom. The summed E-state index contributed by atoms with van der Waals surface area (Å²) in [5.74, 6) is -2.27. The molecule has 10 N–H and O–H groups in total. The van der Waals surface area contributed by atoms with E-state index >= 15 is 0 Å². The minimum absolute atomic E-state index is 0.102. The van der Waals surface area contributed by atoms with Gasteiger partial charge in [-0.2, -0.15) is 0 Å². The molecule has 0 bridgehead atoms. The van der Waals surface area contributed by atoms with Crippen molar-refractivity contribution in [2.24, 2.45) is 17.2 Å². The first kappa shape index (κ1) is 37.5. The van der Waals surface area contributed by atoms with E-state index in [1.165, 1.54) is 11.9 Å². The summed E-state index contributed by atoms with van der Waals surface area (Å²) in [6, 6.07) is 7.44. The molecule has 2 aromatic rings. The number of carbonyl (C=O) groups excluding carboxylic acids is 5. The van der Waals surface area contributed by atoms with Gasteiger partial charge in [0.2, 0.25) is 23.6 Å². The molecule has 0 spiro atoms. The first-order chi connectivity index (χ1) is 21.7. The molecule has 0 fully saturated rings. The van der Waals surface area contributed by atoms with Gasteiger partial charge in [-0.3, -0.25) is 19.2 Å². The molecule has 2 rings (SSSR count). The van der Waals surface area contributed by atoms with Crippen molar-refractivity contribution in [2.75, 3.05) is 13.6 Å². The zero-order valence-electron chi connectivity index (χ0n) is 27.2. The number of carbonyl (C=O) groups is 5. The molecule has 0 aromatic heterocycles. The molecule has 13 nitrogen and oxygen atoms in total. The predicted molar refractivity (Wildman–Crippen MR) is 175 cm³/mol. The number of benzene rings is 2. The molecule has 0 radical (unpaired) electrons. The van der Waals surface area contributed by atoms with E-state index in [1.54, 1.807) is 26.0 Å².